The first-order valence-electron chi connectivity index (χ1n) is 5.08. The third kappa shape index (κ3) is 3.21. The highest BCUT2D eigenvalue weighted by Crippen LogP contribution is 2.09. The molecule has 0 radical (unpaired) electrons. The summed E-state index contributed by atoms with van der Waals surface area (Å²) in [4.78, 5) is 12.3. The van der Waals surface area contributed by atoms with Crippen molar-refractivity contribution in [3.05, 3.63) is 30.2 Å². The van der Waals surface area contributed by atoms with E-state index in [1.54, 1.807) is 4.68 Å². The second-order valence-electron chi connectivity index (χ2n) is 3.45. The van der Waals surface area contributed by atoms with Gasteiger partial charge in [0.05, 0.1) is 0 Å². The van der Waals surface area contributed by atoms with E-state index in [0.29, 0.717) is 0 Å². The monoisotopic (exact) mass is 255 g/mol. The number of aryl methyl sites for hydroxylation is 1. The molecule has 0 fully saturated rings. The number of alkyl halides is 1. The Balaban J connectivity index is 0.000000686. The van der Waals surface area contributed by atoms with Crippen LogP contribution in [0, 0.1) is 6.92 Å². The lowest BCUT2D eigenvalue weighted by Gasteiger charge is -2.05. The van der Waals surface area contributed by atoms with Gasteiger partial charge in [0.1, 0.15) is 18.7 Å². The Morgan fingerprint density at radius 2 is 1.94 bits per heavy atom. The largest absolute Gasteiger partial charge is 0.349 e. The van der Waals surface area contributed by atoms with E-state index >= 15 is 0 Å². The summed E-state index contributed by atoms with van der Waals surface area (Å²) >= 11 is 4.64. The van der Waals surface area contributed by atoms with Crippen molar-refractivity contribution in [3.63, 3.8) is 0 Å². The van der Waals surface area contributed by atoms with E-state index in [4.69, 9.17) is 0 Å². The maximum Gasteiger partial charge on any atom is 0.191 e. The first kappa shape index (κ1) is 13.5. The van der Waals surface area contributed by atoms with E-state index < -0.39 is 0 Å². The molecule has 0 aliphatic rings. The molecule has 2 heterocycles. The zero-order valence-corrected chi connectivity index (χ0v) is 10.9. The predicted molar refractivity (Wildman–Crippen MR) is 64.8 cm³/mol. The Kier molecular flexibility index (Phi) is 4.99. The number of nitrogens with zero attached hydrogens (tertiary/aromatic N) is 5. The molecule has 0 aliphatic heterocycles. The van der Waals surface area contributed by atoms with Gasteiger partial charge in [0.25, 0.3) is 0 Å². The van der Waals surface area contributed by atoms with Gasteiger partial charge in [-0.15, -0.1) is 11.6 Å². The van der Waals surface area contributed by atoms with Crippen molar-refractivity contribution >= 4 is 11.6 Å². The Morgan fingerprint density at radius 3 is 2.53 bits per heavy atom. The second-order valence-corrected chi connectivity index (χ2v) is 3.45. The van der Waals surface area contributed by atoms with Crippen molar-refractivity contribution in [2.45, 2.75) is 19.9 Å². The van der Waals surface area contributed by atoms with Crippen LogP contribution in [0.1, 0.15) is 24.5 Å². The van der Waals surface area contributed by atoms with Gasteiger partial charge in [-0.1, -0.05) is 0 Å². The van der Waals surface area contributed by atoms with Gasteiger partial charge >= 0.3 is 0 Å². The van der Waals surface area contributed by atoms with Crippen molar-refractivity contribution in [1.82, 2.24) is 24.7 Å². The minimum atomic E-state index is 0.0720. The molecule has 2 aromatic heterocycles. The van der Waals surface area contributed by atoms with Gasteiger partial charge in [0.15, 0.2) is 11.6 Å². The molecule has 6 nitrogen and oxygen atoms in total. The van der Waals surface area contributed by atoms with Gasteiger partial charge in [-0.3, -0.25) is 0 Å². The van der Waals surface area contributed by atoms with E-state index in [2.05, 4.69) is 37.4 Å². The smallest absolute Gasteiger partial charge is 0.191 e. The van der Waals surface area contributed by atoms with Crippen molar-refractivity contribution in [1.29, 1.82) is 0 Å². The molecule has 0 amide bonds. The molecule has 7 heteroatoms. The fraction of sp³-hybridized carbons (Fsp3) is 0.400. The van der Waals surface area contributed by atoms with E-state index in [9.17, 15) is 0 Å². The Bertz CT molecular complexity index is 467. The second kappa shape index (κ2) is 6.27. The minimum absolute atomic E-state index is 0.0720. The van der Waals surface area contributed by atoms with Gasteiger partial charge in [-0.25, -0.2) is 15.0 Å². The van der Waals surface area contributed by atoms with Gasteiger partial charge in [-0.2, -0.15) is 9.78 Å². The summed E-state index contributed by atoms with van der Waals surface area (Å²) in [6.07, 6.45) is 4.50. The molecular weight excluding hydrogens is 240 g/mol. The van der Waals surface area contributed by atoms with Crippen molar-refractivity contribution < 1.29 is 5.73 Å². The van der Waals surface area contributed by atoms with Gasteiger partial charge in [-0.05, 0) is 13.8 Å². The van der Waals surface area contributed by atoms with E-state index in [0.717, 1.165) is 17.3 Å². The molecule has 92 valence electrons. The molecule has 1 unspecified atom stereocenters. The summed E-state index contributed by atoms with van der Waals surface area (Å²) in [5.74, 6) is 1.53. The topological polar surface area (TPSA) is 84.1 Å². The van der Waals surface area contributed by atoms with Gasteiger partial charge in [0.2, 0.25) is 0 Å². The number of rotatable bonds is 2. The normalized spacial score (nSPS) is 11.6. The van der Waals surface area contributed by atoms with Crippen LogP contribution in [0.3, 0.4) is 0 Å². The molecule has 2 aromatic rings. The van der Waals surface area contributed by atoms with Crippen LogP contribution < -0.4 is 5.73 Å². The van der Waals surface area contributed by atoms with Crippen LogP contribution in [0.2, 0.25) is 0 Å². The van der Waals surface area contributed by atoms with Gasteiger partial charge in [0, 0.05) is 18.1 Å². The first-order chi connectivity index (χ1) is 8.18. The minimum Gasteiger partial charge on any atom is -0.349 e. The number of hydrogen-bond acceptors (Lipinski definition) is 4. The average Bonchev–Trinajstić information content (AvgIpc) is 2.80. The van der Waals surface area contributed by atoms with Crippen LogP contribution in [-0.2, 0) is 0 Å². The van der Waals surface area contributed by atoms with Crippen molar-refractivity contribution in [3.8, 4) is 5.82 Å². The van der Waals surface area contributed by atoms with Crippen LogP contribution in [0.4, 0.5) is 0 Å². The SMILES string of the molecule is CCl.Cc1cc(-n2ncnc2C(C)[NH3+])ncn1. The highest BCUT2D eigenvalue weighted by Gasteiger charge is 2.13. The molecule has 3 N–H and O–H groups in total. The summed E-state index contributed by atoms with van der Waals surface area (Å²) in [7, 11) is 0. The molecule has 17 heavy (non-hydrogen) atoms. The summed E-state index contributed by atoms with van der Waals surface area (Å²) in [5.41, 5.74) is 4.82. The lowest BCUT2D eigenvalue weighted by Crippen LogP contribution is -2.52. The molecular formula is C10H16ClN6+. The molecule has 0 saturated carbocycles. The summed E-state index contributed by atoms with van der Waals surface area (Å²) in [6.45, 7) is 3.88. The molecule has 0 bridgehead atoms. The molecule has 1 atom stereocenters. The zero-order chi connectivity index (χ0) is 12.8. The van der Waals surface area contributed by atoms with E-state index in [1.807, 2.05) is 19.9 Å². The fourth-order valence-corrected chi connectivity index (χ4v) is 1.32. The summed E-state index contributed by atoms with van der Waals surface area (Å²) < 4.78 is 1.69. The molecule has 0 spiro atoms. The quantitative estimate of drug-likeness (QED) is 0.793. The first-order valence-corrected chi connectivity index (χ1v) is 5.84. The number of quaternary nitrogens is 1. The van der Waals surface area contributed by atoms with Crippen molar-refractivity contribution in [2.24, 2.45) is 0 Å². The third-order valence-electron chi connectivity index (χ3n) is 2.02. The number of halogens is 1. The van der Waals surface area contributed by atoms with Crippen LogP contribution in [-0.4, -0.2) is 31.1 Å². The lowest BCUT2D eigenvalue weighted by atomic mass is 10.3. The molecule has 0 saturated heterocycles. The van der Waals surface area contributed by atoms with Crippen LogP contribution >= 0.6 is 11.6 Å². The van der Waals surface area contributed by atoms with E-state index in [-0.39, 0.29) is 6.04 Å². The zero-order valence-electron chi connectivity index (χ0n) is 10.1. The molecule has 0 aliphatic carbocycles. The Hall–Kier alpha value is -1.53. The Morgan fingerprint density at radius 1 is 1.24 bits per heavy atom. The maximum absolute atomic E-state index is 4.64. The third-order valence-corrected chi connectivity index (χ3v) is 2.02. The number of aromatic nitrogens is 5. The number of hydrogen-bond donors (Lipinski definition) is 1. The highest BCUT2D eigenvalue weighted by atomic mass is 35.5. The van der Waals surface area contributed by atoms with Crippen LogP contribution in [0.15, 0.2) is 18.7 Å². The molecule has 2 rings (SSSR count). The van der Waals surface area contributed by atoms with Gasteiger partial charge < -0.3 is 5.73 Å². The Labute approximate surface area is 105 Å². The maximum atomic E-state index is 4.64. The summed E-state index contributed by atoms with van der Waals surface area (Å²) in [6, 6.07) is 1.93. The lowest BCUT2D eigenvalue weighted by molar-refractivity contribution is -0.422. The van der Waals surface area contributed by atoms with Crippen LogP contribution in [0.25, 0.3) is 5.82 Å². The standard InChI is InChI=1S/C9H12N6.CH3Cl/c1-6-3-8(12-4-11-6)15-9(7(2)10)13-5-14-15;1-2/h3-5,7H,10H2,1-2H3;1H3/p+1. The fourth-order valence-electron chi connectivity index (χ4n) is 1.32. The van der Waals surface area contributed by atoms with Crippen LogP contribution in [0.5, 0.6) is 0 Å². The summed E-state index contributed by atoms with van der Waals surface area (Å²) in [5, 5.41) is 4.12. The van der Waals surface area contributed by atoms with Crippen molar-refractivity contribution in [2.75, 3.05) is 6.38 Å². The highest BCUT2D eigenvalue weighted by molar-refractivity contribution is 6.15. The predicted octanol–water partition coefficient (Wildman–Crippen LogP) is 0.524. The average molecular weight is 256 g/mol. The molecule has 0 aromatic carbocycles. The van der Waals surface area contributed by atoms with E-state index in [1.165, 1.54) is 19.0 Å².